The van der Waals surface area contributed by atoms with Crippen LogP contribution in [-0.4, -0.2) is 8.42 Å². The average Bonchev–Trinajstić information content (AvgIpc) is 2.37. The van der Waals surface area contributed by atoms with Crippen molar-refractivity contribution >= 4 is 21.4 Å². The summed E-state index contributed by atoms with van der Waals surface area (Å²) in [5.74, 6) is 0. The zero-order valence-corrected chi connectivity index (χ0v) is 12.6. The Labute approximate surface area is 119 Å². The van der Waals surface area contributed by atoms with Crippen LogP contribution < -0.4 is 10.5 Å². The molecule has 0 amide bonds. The molecule has 0 unspecified atom stereocenters. The van der Waals surface area contributed by atoms with Crippen molar-refractivity contribution in [1.29, 1.82) is 0 Å². The molecule has 0 aliphatic heterocycles. The highest BCUT2D eigenvalue weighted by molar-refractivity contribution is 7.92. The summed E-state index contributed by atoms with van der Waals surface area (Å²) < 4.78 is 27.7. The van der Waals surface area contributed by atoms with Crippen LogP contribution in [0.15, 0.2) is 41.3 Å². The summed E-state index contributed by atoms with van der Waals surface area (Å²) >= 11 is 0. The summed E-state index contributed by atoms with van der Waals surface area (Å²) in [7, 11) is -3.64. The van der Waals surface area contributed by atoms with Crippen LogP contribution in [0, 0.1) is 20.8 Å². The molecule has 0 bridgehead atoms. The quantitative estimate of drug-likeness (QED) is 0.854. The average molecular weight is 290 g/mol. The topological polar surface area (TPSA) is 72.2 Å². The van der Waals surface area contributed by atoms with Gasteiger partial charge in [0.15, 0.2) is 0 Å². The number of para-hydroxylation sites is 1. The number of anilines is 2. The van der Waals surface area contributed by atoms with Gasteiger partial charge < -0.3 is 5.73 Å². The highest BCUT2D eigenvalue weighted by Gasteiger charge is 2.19. The third-order valence-corrected chi connectivity index (χ3v) is 4.83. The fraction of sp³-hybridized carbons (Fsp3) is 0.200. The number of sulfonamides is 1. The molecule has 106 valence electrons. The molecule has 0 saturated carbocycles. The molecule has 2 aromatic carbocycles. The van der Waals surface area contributed by atoms with Gasteiger partial charge in [-0.2, -0.15) is 0 Å². The van der Waals surface area contributed by atoms with Crippen LogP contribution in [0.1, 0.15) is 16.7 Å². The smallest absolute Gasteiger partial charge is 0.262 e. The lowest BCUT2D eigenvalue weighted by Gasteiger charge is -2.15. The monoisotopic (exact) mass is 290 g/mol. The Morgan fingerprint density at radius 1 is 0.950 bits per heavy atom. The summed E-state index contributed by atoms with van der Waals surface area (Å²) in [5, 5.41) is 0. The van der Waals surface area contributed by atoms with Gasteiger partial charge in [-0.3, -0.25) is 4.72 Å². The molecular formula is C15H18N2O2S. The molecule has 2 rings (SSSR count). The molecule has 0 aliphatic rings. The molecule has 0 aliphatic carbocycles. The van der Waals surface area contributed by atoms with E-state index in [1.807, 2.05) is 32.0 Å². The van der Waals surface area contributed by atoms with Gasteiger partial charge in [-0.15, -0.1) is 0 Å². The predicted molar refractivity (Wildman–Crippen MR) is 82.3 cm³/mol. The second-order valence-corrected chi connectivity index (χ2v) is 6.49. The Hall–Kier alpha value is -2.01. The maximum atomic E-state index is 12.5. The second-order valence-electron chi connectivity index (χ2n) is 4.84. The molecule has 0 radical (unpaired) electrons. The fourth-order valence-corrected chi connectivity index (χ4v) is 3.57. The van der Waals surface area contributed by atoms with E-state index in [1.165, 1.54) is 0 Å². The molecule has 0 heterocycles. The highest BCUT2D eigenvalue weighted by Crippen LogP contribution is 2.26. The van der Waals surface area contributed by atoms with Gasteiger partial charge in [-0.1, -0.05) is 24.3 Å². The number of nitrogen functional groups attached to an aromatic ring is 1. The Bertz CT molecular complexity index is 732. The first-order valence-electron chi connectivity index (χ1n) is 6.27. The first kappa shape index (κ1) is 14.4. The van der Waals surface area contributed by atoms with Crippen LogP contribution in [0.3, 0.4) is 0 Å². The molecule has 0 atom stereocenters. The van der Waals surface area contributed by atoms with Crippen molar-refractivity contribution in [2.45, 2.75) is 25.7 Å². The summed E-state index contributed by atoms with van der Waals surface area (Å²) in [4.78, 5) is 0.208. The number of hydrogen-bond donors (Lipinski definition) is 2. The van der Waals surface area contributed by atoms with E-state index in [1.54, 1.807) is 25.1 Å². The van der Waals surface area contributed by atoms with E-state index in [2.05, 4.69) is 4.72 Å². The van der Waals surface area contributed by atoms with Crippen LogP contribution in [-0.2, 0) is 10.0 Å². The predicted octanol–water partition coefficient (Wildman–Crippen LogP) is 2.99. The number of benzene rings is 2. The summed E-state index contributed by atoms with van der Waals surface area (Å²) in [6.45, 7) is 5.45. The molecule has 2 aromatic rings. The van der Waals surface area contributed by atoms with Crippen molar-refractivity contribution < 1.29 is 8.42 Å². The Balaban J connectivity index is 2.50. The van der Waals surface area contributed by atoms with Crippen molar-refractivity contribution in [3.05, 3.63) is 53.1 Å². The highest BCUT2D eigenvalue weighted by atomic mass is 32.2. The van der Waals surface area contributed by atoms with Crippen LogP contribution in [0.2, 0.25) is 0 Å². The van der Waals surface area contributed by atoms with Crippen LogP contribution in [0.4, 0.5) is 11.4 Å². The molecule has 0 spiro atoms. The van der Waals surface area contributed by atoms with Crippen molar-refractivity contribution in [3.63, 3.8) is 0 Å². The second kappa shape index (κ2) is 5.17. The first-order chi connectivity index (χ1) is 9.33. The molecular weight excluding hydrogens is 272 g/mol. The maximum absolute atomic E-state index is 12.5. The molecule has 0 saturated heterocycles. The van der Waals surface area contributed by atoms with E-state index >= 15 is 0 Å². The van der Waals surface area contributed by atoms with E-state index in [9.17, 15) is 8.42 Å². The van der Waals surface area contributed by atoms with E-state index in [4.69, 9.17) is 5.73 Å². The zero-order chi connectivity index (χ0) is 14.9. The van der Waals surface area contributed by atoms with Gasteiger partial charge in [0.2, 0.25) is 0 Å². The Morgan fingerprint density at radius 2 is 1.50 bits per heavy atom. The van der Waals surface area contributed by atoms with Gasteiger partial charge in [0.05, 0.1) is 10.6 Å². The van der Waals surface area contributed by atoms with Crippen LogP contribution in [0.5, 0.6) is 0 Å². The maximum Gasteiger partial charge on any atom is 0.262 e. The number of nitrogens with one attached hydrogen (secondary N) is 1. The van der Waals surface area contributed by atoms with Gasteiger partial charge in [-0.05, 0) is 49.6 Å². The number of rotatable bonds is 3. The summed E-state index contributed by atoms with van der Waals surface area (Å²) in [6, 6.07) is 10.5. The van der Waals surface area contributed by atoms with Gasteiger partial charge in [-0.25, -0.2) is 8.42 Å². The van der Waals surface area contributed by atoms with Crippen molar-refractivity contribution in [2.75, 3.05) is 10.5 Å². The number of nitrogens with two attached hydrogens (primary N) is 1. The third-order valence-electron chi connectivity index (χ3n) is 3.33. The molecule has 0 aromatic heterocycles. The normalized spacial score (nSPS) is 11.3. The summed E-state index contributed by atoms with van der Waals surface area (Å²) in [5.41, 5.74) is 9.20. The van der Waals surface area contributed by atoms with Gasteiger partial charge in [0.1, 0.15) is 0 Å². The van der Waals surface area contributed by atoms with E-state index in [0.717, 1.165) is 11.1 Å². The lowest BCUT2D eigenvalue weighted by molar-refractivity contribution is 0.600. The lowest BCUT2D eigenvalue weighted by Crippen LogP contribution is -2.16. The zero-order valence-electron chi connectivity index (χ0n) is 11.8. The van der Waals surface area contributed by atoms with Gasteiger partial charge in [0.25, 0.3) is 10.0 Å². The van der Waals surface area contributed by atoms with E-state index in [0.29, 0.717) is 16.9 Å². The van der Waals surface area contributed by atoms with Crippen molar-refractivity contribution in [3.8, 4) is 0 Å². The van der Waals surface area contributed by atoms with Crippen LogP contribution in [0.25, 0.3) is 0 Å². The largest absolute Gasteiger partial charge is 0.398 e. The molecule has 5 heteroatoms. The number of hydrogen-bond acceptors (Lipinski definition) is 3. The molecule has 4 nitrogen and oxygen atoms in total. The molecule has 20 heavy (non-hydrogen) atoms. The lowest BCUT2D eigenvalue weighted by atomic mass is 10.1. The van der Waals surface area contributed by atoms with E-state index in [-0.39, 0.29) is 4.90 Å². The minimum absolute atomic E-state index is 0.208. The van der Waals surface area contributed by atoms with Crippen LogP contribution >= 0.6 is 0 Å². The Morgan fingerprint density at radius 3 is 2.10 bits per heavy atom. The Kier molecular flexibility index (Phi) is 3.72. The molecule has 0 fully saturated rings. The summed E-state index contributed by atoms with van der Waals surface area (Å²) in [6.07, 6.45) is 0. The SMILES string of the molecule is Cc1cccc(C)c1NS(=O)(=O)c1cccc(N)c1C. The minimum Gasteiger partial charge on any atom is -0.398 e. The van der Waals surface area contributed by atoms with Crippen molar-refractivity contribution in [1.82, 2.24) is 0 Å². The van der Waals surface area contributed by atoms with Crippen molar-refractivity contribution in [2.24, 2.45) is 0 Å². The minimum atomic E-state index is -3.64. The van der Waals surface area contributed by atoms with E-state index < -0.39 is 10.0 Å². The van der Waals surface area contributed by atoms with Gasteiger partial charge in [0, 0.05) is 5.69 Å². The number of aryl methyl sites for hydroxylation is 2. The fourth-order valence-electron chi connectivity index (χ4n) is 2.09. The third kappa shape index (κ3) is 2.63. The van der Waals surface area contributed by atoms with Gasteiger partial charge >= 0.3 is 0 Å². The molecule has 3 N–H and O–H groups in total. The first-order valence-corrected chi connectivity index (χ1v) is 7.75. The standard InChI is InChI=1S/C15H18N2O2S/c1-10-6-4-7-11(2)15(10)17-20(18,19)14-9-5-8-13(16)12(14)3/h4-9,17H,16H2,1-3H3.